The molecule has 1 heterocycles. The molecule has 0 spiro atoms. The molecule has 1 atom stereocenters. The number of aryl methyl sites for hydroxylation is 1. The van der Waals surface area contributed by atoms with E-state index >= 15 is 0 Å². The van der Waals surface area contributed by atoms with E-state index in [0.717, 1.165) is 29.1 Å². The Bertz CT molecular complexity index is 440. The maximum atomic E-state index is 9.97. The van der Waals surface area contributed by atoms with Crippen molar-refractivity contribution in [2.24, 2.45) is 5.92 Å². The molecule has 1 aromatic rings. The standard InChI is InChI=1S/C12H16N2O/c1-7-4-8(2)11(15)10(5-7)12-13-6-9(3)14-12/h4,6-7,15H,5H2,1-3H3,(H,13,14). The summed E-state index contributed by atoms with van der Waals surface area (Å²) in [6.45, 7) is 6.04. The fourth-order valence-electron chi connectivity index (χ4n) is 2.00. The van der Waals surface area contributed by atoms with E-state index in [1.165, 1.54) is 0 Å². The van der Waals surface area contributed by atoms with Crippen LogP contribution >= 0.6 is 0 Å². The molecule has 80 valence electrons. The van der Waals surface area contributed by atoms with Gasteiger partial charge in [-0.15, -0.1) is 0 Å². The second-order valence-electron chi connectivity index (χ2n) is 4.27. The van der Waals surface area contributed by atoms with Crippen molar-refractivity contribution in [3.8, 4) is 0 Å². The minimum absolute atomic E-state index is 0.377. The molecule has 0 aliphatic heterocycles. The number of aromatic nitrogens is 2. The number of nitrogens with one attached hydrogen (secondary N) is 1. The first-order valence-corrected chi connectivity index (χ1v) is 5.21. The zero-order valence-corrected chi connectivity index (χ0v) is 9.33. The Balaban J connectivity index is 2.44. The Morgan fingerprint density at radius 2 is 2.20 bits per heavy atom. The fraction of sp³-hybridized carbons (Fsp3) is 0.417. The van der Waals surface area contributed by atoms with Crippen LogP contribution < -0.4 is 0 Å². The van der Waals surface area contributed by atoms with Crippen LogP contribution in [0.1, 0.15) is 31.8 Å². The molecule has 1 aliphatic rings. The number of aromatic amines is 1. The van der Waals surface area contributed by atoms with Crippen molar-refractivity contribution in [3.63, 3.8) is 0 Å². The van der Waals surface area contributed by atoms with Gasteiger partial charge in [0.05, 0.1) is 0 Å². The SMILES string of the molecule is CC1=CC(C)CC(c2ncc(C)[nH]2)=C1O. The van der Waals surface area contributed by atoms with E-state index in [4.69, 9.17) is 0 Å². The summed E-state index contributed by atoms with van der Waals surface area (Å²) < 4.78 is 0. The number of hydrogen-bond donors (Lipinski definition) is 2. The van der Waals surface area contributed by atoms with Gasteiger partial charge in [0.1, 0.15) is 11.6 Å². The molecule has 0 amide bonds. The van der Waals surface area contributed by atoms with Crippen LogP contribution in [0.15, 0.2) is 23.6 Å². The number of hydrogen-bond acceptors (Lipinski definition) is 2. The monoisotopic (exact) mass is 204 g/mol. The van der Waals surface area contributed by atoms with Crippen molar-refractivity contribution in [1.82, 2.24) is 9.97 Å². The molecule has 0 saturated heterocycles. The van der Waals surface area contributed by atoms with E-state index in [1.807, 2.05) is 13.8 Å². The van der Waals surface area contributed by atoms with Crippen molar-refractivity contribution in [2.45, 2.75) is 27.2 Å². The Labute approximate surface area is 89.6 Å². The van der Waals surface area contributed by atoms with E-state index in [0.29, 0.717) is 11.7 Å². The molecule has 0 aromatic carbocycles. The summed E-state index contributed by atoms with van der Waals surface area (Å²) in [6.07, 6.45) is 4.72. The van der Waals surface area contributed by atoms with Crippen LogP contribution in [0.3, 0.4) is 0 Å². The topological polar surface area (TPSA) is 48.9 Å². The van der Waals surface area contributed by atoms with Gasteiger partial charge in [0.15, 0.2) is 0 Å². The minimum atomic E-state index is 0.377. The molecule has 3 heteroatoms. The smallest absolute Gasteiger partial charge is 0.137 e. The van der Waals surface area contributed by atoms with Gasteiger partial charge in [0.2, 0.25) is 0 Å². The van der Waals surface area contributed by atoms with Gasteiger partial charge in [-0.3, -0.25) is 0 Å². The average Bonchev–Trinajstić information content (AvgIpc) is 2.58. The number of nitrogens with zero attached hydrogens (tertiary/aromatic N) is 1. The third-order valence-corrected chi connectivity index (χ3v) is 2.71. The summed E-state index contributed by atoms with van der Waals surface area (Å²) in [4.78, 5) is 7.42. The van der Waals surface area contributed by atoms with Gasteiger partial charge in [-0.05, 0) is 31.8 Å². The third-order valence-electron chi connectivity index (χ3n) is 2.71. The molecule has 1 aliphatic carbocycles. The van der Waals surface area contributed by atoms with Gasteiger partial charge in [-0.2, -0.15) is 0 Å². The Hall–Kier alpha value is -1.51. The molecule has 2 N–H and O–H groups in total. The number of aliphatic hydroxyl groups is 1. The van der Waals surface area contributed by atoms with Gasteiger partial charge in [0, 0.05) is 17.5 Å². The molecular formula is C12H16N2O. The zero-order chi connectivity index (χ0) is 11.0. The van der Waals surface area contributed by atoms with Crippen molar-refractivity contribution < 1.29 is 5.11 Å². The molecular weight excluding hydrogens is 188 g/mol. The largest absolute Gasteiger partial charge is 0.507 e. The normalized spacial score (nSPS) is 21.8. The maximum Gasteiger partial charge on any atom is 0.137 e. The van der Waals surface area contributed by atoms with E-state index < -0.39 is 0 Å². The summed E-state index contributed by atoms with van der Waals surface area (Å²) in [5.41, 5.74) is 2.89. The van der Waals surface area contributed by atoms with E-state index in [9.17, 15) is 5.11 Å². The second-order valence-corrected chi connectivity index (χ2v) is 4.27. The first kappa shape index (κ1) is 10.0. The highest BCUT2D eigenvalue weighted by Crippen LogP contribution is 2.32. The number of allylic oxidation sites excluding steroid dienone is 3. The van der Waals surface area contributed by atoms with E-state index in [1.54, 1.807) is 6.20 Å². The van der Waals surface area contributed by atoms with Crippen molar-refractivity contribution >= 4 is 5.57 Å². The lowest BCUT2D eigenvalue weighted by Crippen LogP contribution is -2.06. The van der Waals surface area contributed by atoms with Crippen molar-refractivity contribution in [2.75, 3.05) is 0 Å². The lowest BCUT2D eigenvalue weighted by atomic mass is 9.90. The van der Waals surface area contributed by atoms with Crippen LogP contribution in [0.5, 0.6) is 0 Å². The predicted octanol–water partition coefficient (Wildman–Crippen LogP) is 2.97. The highest BCUT2D eigenvalue weighted by molar-refractivity contribution is 5.68. The van der Waals surface area contributed by atoms with Gasteiger partial charge in [0.25, 0.3) is 0 Å². The second kappa shape index (κ2) is 3.57. The number of rotatable bonds is 1. The quantitative estimate of drug-likeness (QED) is 0.738. The Morgan fingerprint density at radius 1 is 1.47 bits per heavy atom. The summed E-state index contributed by atoms with van der Waals surface area (Å²) in [5.74, 6) is 1.63. The third kappa shape index (κ3) is 1.82. The van der Waals surface area contributed by atoms with Gasteiger partial charge in [-0.25, -0.2) is 4.98 Å². The molecule has 15 heavy (non-hydrogen) atoms. The fourth-order valence-corrected chi connectivity index (χ4v) is 2.00. The minimum Gasteiger partial charge on any atom is -0.507 e. The van der Waals surface area contributed by atoms with Gasteiger partial charge < -0.3 is 10.1 Å². The number of aliphatic hydroxyl groups excluding tert-OH is 1. The van der Waals surface area contributed by atoms with Crippen LogP contribution in [0, 0.1) is 12.8 Å². The van der Waals surface area contributed by atoms with Crippen LogP contribution in [-0.2, 0) is 0 Å². The highest BCUT2D eigenvalue weighted by Gasteiger charge is 2.20. The maximum absolute atomic E-state index is 9.97. The Kier molecular flexibility index (Phi) is 2.39. The summed E-state index contributed by atoms with van der Waals surface area (Å²) in [6, 6.07) is 0. The molecule has 0 radical (unpaired) electrons. The van der Waals surface area contributed by atoms with E-state index in [2.05, 4.69) is 23.0 Å². The highest BCUT2D eigenvalue weighted by atomic mass is 16.3. The molecule has 0 bridgehead atoms. The predicted molar refractivity (Wildman–Crippen MR) is 60.4 cm³/mol. The van der Waals surface area contributed by atoms with E-state index in [-0.39, 0.29) is 0 Å². The lowest BCUT2D eigenvalue weighted by Gasteiger charge is -2.18. The molecule has 1 aromatic heterocycles. The zero-order valence-electron chi connectivity index (χ0n) is 9.33. The van der Waals surface area contributed by atoms with Crippen molar-refractivity contribution in [1.29, 1.82) is 0 Å². The Morgan fingerprint density at radius 3 is 2.80 bits per heavy atom. The summed E-state index contributed by atoms with van der Waals surface area (Å²) in [5, 5.41) is 9.97. The van der Waals surface area contributed by atoms with Gasteiger partial charge >= 0.3 is 0 Å². The number of imidazole rings is 1. The van der Waals surface area contributed by atoms with Crippen LogP contribution in [0.25, 0.3) is 5.57 Å². The first-order chi connectivity index (χ1) is 7.08. The summed E-state index contributed by atoms with van der Waals surface area (Å²) >= 11 is 0. The molecule has 0 saturated carbocycles. The summed E-state index contributed by atoms with van der Waals surface area (Å²) in [7, 11) is 0. The first-order valence-electron chi connectivity index (χ1n) is 5.21. The lowest BCUT2D eigenvalue weighted by molar-refractivity contribution is 0.417. The van der Waals surface area contributed by atoms with Crippen LogP contribution in [0.2, 0.25) is 0 Å². The molecule has 1 unspecified atom stereocenters. The number of H-pyrrole nitrogens is 1. The van der Waals surface area contributed by atoms with Crippen LogP contribution in [0.4, 0.5) is 0 Å². The van der Waals surface area contributed by atoms with Crippen molar-refractivity contribution in [3.05, 3.63) is 35.1 Å². The molecule has 2 rings (SSSR count). The molecule has 0 fully saturated rings. The van der Waals surface area contributed by atoms with Gasteiger partial charge in [-0.1, -0.05) is 13.0 Å². The average molecular weight is 204 g/mol. The van der Waals surface area contributed by atoms with Crippen LogP contribution in [-0.4, -0.2) is 15.1 Å². The molecule has 3 nitrogen and oxygen atoms in total.